The zero-order chi connectivity index (χ0) is 16.9. The van der Waals surface area contributed by atoms with Gasteiger partial charge in [0.05, 0.1) is 17.6 Å². The summed E-state index contributed by atoms with van der Waals surface area (Å²) in [5.41, 5.74) is 2.38. The number of hydrogen-bond donors (Lipinski definition) is 2. The van der Waals surface area contributed by atoms with Gasteiger partial charge in [0.2, 0.25) is 0 Å². The van der Waals surface area contributed by atoms with E-state index in [1.54, 1.807) is 11.3 Å². The molecule has 0 bridgehead atoms. The maximum atomic E-state index is 12.1. The quantitative estimate of drug-likeness (QED) is 0.871. The van der Waals surface area contributed by atoms with E-state index in [0.29, 0.717) is 6.54 Å². The van der Waals surface area contributed by atoms with E-state index in [0.717, 1.165) is 28.5 Å². The molecule has 128 valence electrons. The van der Waals surface area contributed by atoms with Crippen LogP contribution in [0.15, 0.2) is 30.5 Å². The number of rotatable bonds is 5. The third kappa shape index (κ3) is 4.26. The topological polar surface area (TPSA) is 57.3 Å². The summed E-state index contributed by atoms with van der Waals surface area (Å²) >= 11 is 1.60. The molecule has 1 unspecified atom stereocenters. The zero-order valence-corrected chi connectivity index (χ0v) is 15.0. The number of aromatic nitrogens is 1. The van der Waals surface area contributed by atoms with Crippen molar-refractivity contribution in [1.82, 2.24) is 15.6 Å². The van der Waals surface area contributed by atoms with Crippen LogP contribution in [-0.4, -0.2) is 24.1 Å². The average molecular weight is 344 g/mol. The summed E-state index contributed by atoms with van der Waals surface area (Å²) in [6.45, 7) is 6.74. The monoisotopic (exact) mass is 344 g/mol. The molecule has 24 heavy (non-hydrogen) atoms. The predicted molar refractivity (Wildman–Crippen MR) is 98.5 cm³/mol. The molecule has 1 saturated heterocycles. The number of benzene rings is 1. The van der Waals surface area contributed by atoms with Gasteiger partial charge < -0.3 is 15.5 Å². The van der Waals surface area contributed by atoms with E-state index in [2.05, 4.69) is 44.8 Å². The summed E-state index contributed by atoms with van der Waals surface area (Å²) in [7, 11) is 0. The van der Waals surface area contributed by atoms with Crippen molar-refractivity contribution < 1.29 is 4.79 Å². The minimum atomic E-state index is -0.153. The summed E-state index contributed by atoms with van der Waals surface area (Å²) in [6, 6.07) is 8.28. The zero-order valence-electron chi connectivity index (χ0n) is 14.2. The summed E-state index contributed by atoms with van der Waals surface area (Å²) in [4.78, 5) is 19.8. The first kappa shape index (κ1) is 16.8. The Bertz CT molecular complexity index is 694. The second kappa shape index (κ2) is 7.66. The average Bonchev–Trinajstić information content (AvgIpc) is 3.24. The van der Waals surface area contributed by atoms with Crippen LogP contribution in [-0.2, 0) is 6.54 Å². The number of thiazole rings is 1. The van der Waals surface area contributed by atoms with Crippen LogP contribution < -0.4 is 15.5 Å². The number of carbonyl (C=O) groups is 1. The van der Waals surface area contributed by atoms with E-state index in [1.165, 1.54) is 18.5 Å². The van der Waals surface area contributed by atoms with Gasteiger partial charge in [-0.15, -0.1) is 11.3 Å². The number of nitrogens with one attached hydrogen (secondary N) is 2. The van der Waals surface area contributed by atoms with Crippen molar-refractivity contribution in [2.75, 3.05) is 18.0 Å². The number of aryl methyl sites for hydroxylation is 1. The smallest absolute Gasteiger partial charge is 0.315 e. The van der Waals surface area contributed by atoms with Crippen LogP contribution >= 0.6 is 11.3 Å². The van der Waals surface area contributed by atoms with Gasteiger partial charge >= 0.3 is 6.03 Å². The Morgan fingerprint density at radius 3 is 2.88 bits per heavy atom. The number of hydrogen-bond acceptors (Lipinski definition) is 4. The lowest BCUT2D eigenvalue weighted by molar-refractivity contribution is 0.237. The first-order valence-electron chi connectivity index (χ1n) is 8.42. The number of urea groups is 1. The summed E-state index contributed by atoms with van der Waals surface area (Å²) < 4.78 is 0. The maximum Gasteiger partial charge on any atom is 0.315 e. The number of carbonyl (C=O) groups excluding carboxylic acids is 1. The van der Waals surface area contributed by atoms with Gasteiger partial charge in [-0.3, -0.25) is 0 Å². The van der Waals surface area contributed by atoms with Crippen molar-refractivity contribution in [3.63, 3.8) is 0 Å². The molecule has 2 aromatic rings. The van der Waals surface area contributed by atoms with Crippen molar-refractivity contribution in [3.05, 3.63) is 45.9 Å². The Kier molecular flexibility index (Phi) is 5.35. The van der Waals surface area contributed by atoms with Crippen molar-refractivity contribution in [2.24, 2.45) is 0 Å². The fraction of sp³-hybridized carbons (Fsp3) is 0.444. The molecule has 0 spiro atoms. The van der Waals surface area contributed by atoms with E-state index >= 15 is 0 Å². The van der Waals surface area contributed by atoms with Gasteiger partial charge in [0.25, 0.3) is 0 Å². The first-order valence-corrected chi connectivity index (χ1v) is 9.24. The minimum absolute atomic E-state index is 0.0317. The SMILES string of the molecule is Cc1ncc(CNC(=O)NC(C)c2cccc(N3CCCC3)c2)s1. The van der Waals surface area contributed by atoms with Gasteiger partial charge in [0.15, 0.2) is 0 Å². The molecule has 0 radical (unpaired) electrons. The number of anilines is 1. The molecule has 0 saturated carbocycles. The van der Waals surface area contributed by atoms with E-state index in [4.69, 9.17) is 0 Å². The van der Waals surface area contributed by atoms with E-state index in [9.17, 15) is 4.79 Å². The highest BCUT2D eigenvalue weighted by molar-refractivity contribution is 7.11. The van der Waals surface area contributed by atoms with Crippen LogP contribution in [0, 0.1) is 6.92 Å². The Labute approximate surface area is 147 Å². The molecule has 2 N–H and O–H groups in total. The molecule has 1 aromatic heterocycles. The molecule has 2 heterocycles. The highest BCUT2D eigenvalue weighted by Gasteiger charge is 2.15. The molecule has 1 aromatic carbocycles. The summed E-state index contributed by atoms with van der Waals surface area (Å²) in [5, 5.41) is 6.91. The molecule has 0 aliphatic carbocycles. The van der Waals surface area contributed by atoms with Crippen LogP contribution in [0.4, 0.5) is 10.5 Å². The molecular formula is C18H24N4OS. The van der Waals surface area contributed by atoms with Crippen LogP contribution in [0.1, 0.15) is 41.3 Å². The fourth-order valence-electron chi connectivity index (χ4n) is 2.95. The lowest BCUT2D eigenvalue weighted by Crippen LogP contribution is -2.36. The molecule has 2 amide bonds. The van der Waals surface area contributed by atoms with Gasteiger partial charge in [-0.2, -0.15) is 0 Å². The standard InChI is InChI=1S/C18H24N4OS/c1-13(21-18(23)20-12-17-11-19-14(2)24-17)15-6-5-7-16(10-15)22-8-3-4-9-22/h5-7,10-11,13H,3-4,8-9,12H2,1-2H3,(H2,20,21,23). The molecule has 6 heteroatoms. The van der Waals surface area contributed by atoms with Crippen molar-refractivity contribution in [1.29, 1.82) is 0 Å². The molecule has 5 nitrogen and oxygen atoms in total. The van der Waals surface area contributed by atoms with Gasteiger partial charge in [-0.25, -0.2) is 9.78 Å². The van der Waals surface area contributed by atoms with Gasteiger partial charge in [-0.05, 0) is 44.4 Å². The predicted octanol–water partition coefficient (Wildman–Crippen LogP) is 3.61. The lowest BCUT2D eigenvalue weighted by Gasteiger charge is -2.20. The van der Waals surface area contributed by atoms with Crippen LogP contribution in [0.3, 0.4) is 0 Å². The third-order valence-corrected chi connectivity index (χ3v) is 5.19. The van der Waals surface area contributed by atoms with Crippen molar-refractivity contribution in [3.8, 4) is 0 Å². The van der Waals surface area contributed by atoms with Crippen molar-refractivity contribution in [2.45, 2.75) is 39.3 Å². The van der Waals surface area contributed by atoms with Crippen LogP contribution in [0.25, 0.3) is 0 Å². The van der Waals surface area contributed by atoms with Gasteiger partial charge in [0.1, 0.15) is 0 Å². The molecule has 1 atom stereocenters. The van der Waals surface area contributed by atoms with E-state index in [1.807, 2.05) is 20.0 Å². The highest BCUT2D eigenvalue weighted by atomic mass is 32.1. The minimum Gasteiger partial charge on any atom is -0.372 e. The second-order valence-corrected chi connectivity index (χ2v) is 7.50. The van der Waals surface area contributed by atoms with E-state index < -0.39 is 0 Å². The third-order valence-electron chi connectivity index (χ3n) is 4.28. The highest BCUT2D eigenvalue weighted by Crippen LogP contribution is 2.23. The van der Waals surface area contributed by atoms with Gasteiger partial charge in [0, 0.05) is 29.9 Å². The Balaban J connectivity index is 1.54. The van der Waals surface area contributed by atoms with E-state index in [-0.39, 0.29) is 12.1 Å². The van der Waals surface area contributed by atoms with Crippen LogP contribution in [0.2, 0.25) is 0 Å². The largest absolute Gasteiger partial charge is 0.372 e. The Morgan fingerprint density at radius 1 is 1.38 bits per heavy atom. The maximum absolute atomic E-state index is 12.1. The molecule has 1 aliphatic heterocycles. The first-order chi connectivity index (χ1) is 11.6. The Hall–Kier alpha value is -2.08. The normalized spacial score (nSPS) is 15.3. The lowest BCUT2D eigenvalue weighted by atomic mass is 10.1. The second-order valence-electron chi connectivity index (χ2n) is 6.18. The molecule has 1 aliphatic rings. The summed E-state index contributed by atoms with van der Waals surface area (Å²) in [5.74, 6) is 0. The number of nitrogens with zero attached hydrogens (tertiary/aromatic N) is 2. The molecule has 3 rings (SSSR count). The fourth-order valence-corrected chi connectivity index (χ4v) is 3.69. The van der Waals surface area contributed by atoms with Gasteiger partial charge in [-0.1, -0.05) is 12.1 Å². The summed E-state index contributed by atoms with van der Waals surface area (Å²) in [6.07, 6.45) is 4.33. The molecular weight excluding hydrogens is 320 g/mol. The molecule has 1 fully saturated rings. The van der Waals surface area contributed by atoms with Crippen LogP contribution in [0.5, 0.6) is 0 Å². The number of amides is 2. The Morgan fingerprint density at radius 2 is 2.17 bits per heavy atom. The van der Waals surface area contributed by atoms with Crippen molar-refractivity contribution >= 4 is 23.1 Å².